The highest BCUT2D eigenvalue weighted by molar-refractivity contribution is 7.98. The van der Waals surface area contributed by atoms with E-state index in [9.17, 15) is 0 Å². The summed E-state index contributed by atoms with van der Waals surface area (Å²) in [4.78, 5) is 10.9. The van der Waals surface area contributed by atoms with E-state index in [1.807, 2.05) is 6.20 Å². The number of aromatic nitrogens is 5. The van der Waals surface area contributed by atoms with Crippen LogP contribution in [0.2, 0.25) is 0 Å². The first-order chi connectivity index (χ1) is 14.8. The van der Waals surface area contributed by atoms with Gasteiger partial charge in [0, 0.05) is 41.4 Å². The summed E-state index contributed by atoms with van der Waals surface area (Å²) in [5.41, 5.74) is 6.43. The first-order valence-corrected chi connectivity index (χ1v) is 11.8. The number of aryl methyl sites for hydroxylation is 1. The van der Waals surface area contributed by atoms with Crippen LogP contribution in [-0.4, -0.2) is 30.6 Å². The Hall–Kier alpha value is -2.86. The van der Waals surface area contributed by atoms with Gasteiger partial charge in [0.05, 0.1) is 17.4 Å². The molecule has 0 spiro atoms. The molecule has 2 aliphatic rings. The van der Waals surface area contributed by atoms with Crippen molar-refractivity contribution in [3.63, 3.8) is 0 Å². The van der Waals surface area contributed by atoms with Crippen LogP contribution in [0.25, 0.3) is 33.9 Å². The second-order valence-electron chi connectivity index (χ2n) is 8.05. The van der Waals surface area contributed by atoms with E-state index in [0.29, 0.717) is 6.04 Å². The van der Waals surface area contributed by atoms with E-state index >= 15 is 0 Å². The molecule has 6 rings (SSSR count). The minimum absolute atomic E-state index is 0.577. The monoisotopic (exact) mass is 413 g/mol. The van der Waals surface area contributed by atoms with Gasteiger partial charge in [-0.2, -0.15) is 5.10 Å². The fourth-order valence-electron chi connectivity index (χ4n) is 4.30. The predicted octanol–water partition coefficient (Wildman–Crippen LogP) is 5.48. The first kappa shape index (κ1) is 18.0. The van der Waals surface area contributed by atoms with Crippen molar-refractivity contribution in [1.82, 2.24) is 24.3 Å². The predicted molar refractivity (Wildman–Crippen MR) is 120 cm³/mol. The molecule has 1 aliphatic heterocycles. The molecule has 30 heavy (non-hydrogen) atoms. The number of pyridine rings is 1. The standard InChI is InChI=1S/C24H23N5S/c1-30-19-8-4-16(5-9-19)21-15-17(10-12-25-21)24-23(26-22-3-2-13-28(22)24)20-11-14-29(27-20)18-6-7-18/h4-5,8-12,14-15,18H,2-3,6-7,13H2,1H3. The summed E-state index contributed by atoms with van der Waals surface area (Å²) in [6.45, 7) is 1.01. The summed E-state index contributed by atoms with van der Waals surface area (Å²) in [7, 11) is 0. The average molecular weight is 414 g/mol. The molecule has 150 valence electrons. The molecular weight excluding hydrogens is 390 g/mol. The van der Waals surface area contributed by atoms with Crippen LogP contribution in [0.15, 0.2) is 59.8 Å². The molecule has 1 fully saturated rings. The maximum atomic E-state index is 5.02. The molecule has 0 unspecified atom stereocenters. The molecule has 4 heterocycles. The first-order valence-electron chi connectivity index (χ1n) is 10.6. The van der Waals surface area contributed by atoms with Gasteiger partial charge in [-0.3, -0.25) is 9.67 Å². The molecule has 0 saturated heterocycles. The van der Waals surface area contributed by atoms with Crippen molar-refractivity contribution in [3.8, 4) is 33.9 Å². The Balaban J connectivity index is 1.45. The molecular formula is C24H23N5S. The molecule has 0 N–H and O–H groups in total. The number of imidazole rings is 1. The Morgan fingerprint density at radius 3 is 2.67 bits per heavy atom. The summed E-state index contributed by atoms with van der Waals surface area (Å²) in [5.74, 6) is 1.17. The Morgan fingerprint density at radius 2 is 1.87 bits per heavy atom. The normalized spacial score (nSPS) is 15.5. The number of fused-ring (bicyclic) bond motifs is 1. The van der Waals surface area contributed by atoms with Crippen LogP contribution in [0.5, 0.6) is 0 Å². The van der Waals surface area contributed by atoms with Crippen molar-refractivity contribution < 1.29 is 0 Å². The van der Waals surface area contributed by atoms with Crippen molar-refractivity contribution in [2.75, 3.05) is 6.26 Å². The van der Waals surface area contributed by atoms with Gasteiger partial charge in [0.15, 0.2) is 0 Å². The number of hydrogen-bond acceptors (Lipinski definition) is 4. The zero-order valence-corrected chi connectivity index (χ0v) is 17.8. The number of hydrogen-bond donors (Lipinski definition) is 0. The largest absolute Gasteiger partial charge is 0.327 e. The summed E-state index contributed by atoms with van der Waals surface area (Å²) in [6.07, 6.45) is 10.8. The average Bonchev–Trinajstić information content (AvgIpc) is 3.19. The second kappa shape index (κ2) is 7.13. The molecule has 1 aromatic carbocycles. The minimum Gasteiger partial charge on any atom is -0.327 e. The minimum atomic E-state index is 0.577. The molecule has 5 nitrogen and oxygen atoms in total. The van der Waals surface area contributed by atoms with Crippen molar-refractivity contribution in [2.45, 2.75) is 43.2 Å². The van der Waals surface area contributed by atoms with Gasteiger partial charge in [-0.25, -0.2) is 4.98 Å². The third-order valence-electron chi connectivity index (χ3n) is 6.02. The lowest BCUT2D eigenvalue weighted by Crippen LogP contribution is -1.98. The Labute approximate surface area is 180 Å². The highest BCUT2D eigenvalue weighted by Crippen LogP contribution is 2.38. The lowest BCUT2D eigenvalue weighted by Gasteiger charge is -2.09. The van der Waals surface area contributed by atoms with E-state index in [0.717, 1.165) is 47.6 Å². The van der Waals surface area contributed by atoms with E-state index in [1.54, 1.807) is 11.8 Å². The molecule has 4 aromatic rings. The third-order valence-corrected chi connectivity index (χ3v) is 6.76. The van der Waals surface area contributed by atoms with Crippen molar-refractivity contribution in [3.05, 3.63) is 60.7 Å². The number of benzene rings is 1. The van der Waals surface area contributed by atoms with E-state index in [2.05, 4.69) is 69.2 Å². The van der Waals surface area contributed by atoms with Crippen molar-refractivity contribution >= 4 is 11.8 Å². The molecule has 0 bridgehead atoms. The molecule has 0 amide bonds. The lowest BCUT2D eigenvalue weighted by atomic mass is 10.1. The van der Waals surface area contributed by atoms with Crippen LogP contribution in [-0.2, 0) is 13.0 Å². The molecule has 3 aromatic heterocycles. The van der Waals surface area contributed by atoms with Crippen LogP contribution < -0.4 is 0 Å². The van der Waals surface area contributed by atoms with Gasteiger partial charge in [-0.05, 0) is 55.9 Å². The fourth-order valence-corrected chi connectivity index (χ4v) is 4.71. The Kier molecular flexibility index (Phi) is 4.27. The van der Waals surface area contributed by atoms with Gasteiger partial charge in [0.1, 0.15) is 17.2 Å². The van der Waals surface area contributed by atoms with E-state index in [1.165, 1.54) is 29.3 Å². The van der Waals surface area contributed by atoms with Crippen molar-refractivity contribution in [2.24, 2.45) is 0 Å². The maximum absolute atomic E-state index is 5.02. The second-order valence-corrected chi connectivity index (χ2v) is 8.93. The van der Waals surface area contributed by atoms with Gasteiger partial charge in [-0.1, -0.05) is 12.1 Å². The van der Waals surface area contributed by atoms with Gasteiger partial charge in [-0.15, -0.1) is 11.8 Å². The maximum Gasteiger partial charge on any atom is 0.117 e. The van der Waals surface area contributed by atoms with E-state index in [4.69, 9.17) is 10.1 Å². The highest BCUT2D eigenvalue weighted by Gasteiger charge is 2.27. The Morgan fingerprint density at radius 1 is 1.00 bits per heavy atom. The highest BCUT2D eigenvalue weighted by atomic mass is 32.2. The lowest BCUT2D eigenvalue weighted by molar-refractivity contribution is 0.643. The zero-order chi connectivity index (χ0) is 20.1. The van der Waals surface area contributed by atoms with Gasteiger partial charge < -0.3 is 4.57 Å². The van der Waals surface area contributed by atoms with Gasteiger partial charge in [0.2, 0.25) is 0 Å². The fraction of sp³-hybridized carbons (Fsp3) is 0.292. The Bertz CT molecular complexity index is 1220. The van der Waals surface area contributed by atoms with Crippen LogP contribution in [0.4, 0.5) is 0 Å². The number of rotatable bonds is 5. The molecule has 0 atom stereocenters. The number of nitrogens with zero attached hydrogens (tertiary/aromatic N) is 5. The molecule has 0 radical (unpaired) electrons. The molecule has 1 aliphatic carbocycles. The summed E-state index contributed by atoms with van der Waals surface area (Å²) in [6, 6.07) is 15.6. The SMILES string of the molecule is CSc1ccc(-c2cc(-c3c(-c4ccn(C5CC5)n4)nc4n3CCC4)ccn2)cc1. The molecule has 6 heteroatoms. The van der Waals surface area contributed by atoms with Crippen molar-refractivity contribution in [1.29, 1.82) is 0 Å². The smallest absolute Gasteiger partial charge is 0.117 e. The summed E-state index contributed by atoms with van der Waals surface area (Å²) < 4.78 is 4.48. The van der Waals surface area contributed by atoms with Gasteiger partial charge >= 0.3 is 0 Å². The number of thioether (sulfide) groups is 1. The third kappa shape index (κ3) is 3.06. The van der Waals surface area contributed by atoms with Crippen LogP contribution in [0, 0.1) is 0 Å². The van der Waals surface area contributed by atoms with Crippen LogP contribution in [0.1, 0.15) is 31.1 Å². The topological polar surface area (TPSA) is 48.5 Å². The van der Waals surface area contributed by atoms with Crippen LogP contribution in [0.3, 0.4) is 0 Å². The zero-order valence-electron chi connectivity index (χ0n) is 17.0. The summed E-state index contributed by atoms with van der Waals surface area (Å²) >= 11 is 1.75. The van der Waals surface area contributed by atoms with E-state index < -0.39 is 0 Å². The summed E-state index contributed by atoms with van der Waals surface area (Å²) in [5, 5.41) is 4.86. The van der Waals surface area contributed by atoms with Crippen LogP contribution >= 0.6 is 11.8 Å². The quantitative estimate of drug-likeness (QED) is 0.407. The van der Waals surface area contributed by atoms with Gasteiger partial charge in [0.25, 0.3) is 0 Å². The van der Waals surface area contributed by atoms with E-state index in [-0.39, 0.29) is 0 Å². The molecule has 1 saturated carbocycles.